The molecule has 12 heavy (non-hydrogen) atoms. The fourth-order valence-corrected chi connectivity index (χ4v) is 2.10. The largest absolute Gasteiger partial charge is 0.261 e. The summed E-state index contributed by atoms with van der Waals surface area (Å²) in [6, 6.07) is 2.31. The van der Waals surface area contributed by atoms with Crippen LogP contribution >= 0.6 is 0 Å². The van der Waals surface area contributed by atoms with Gasteiger partial charge < -0.3 is 0 Å². The maximum atomic E-state index is 10.2. The number of rotatable bonds is 1. The molecule has 0 aromatic carbocycles. The molecule has 0 bridgehead atoms. The molecule has 2 rings (SSSR count). The van der Waals surface area contributed by atoms with Crippen LogP contribution in [0.15, 0.2) is 5.29 Å². The van der Waals surface area contributed by atoms with Crippen molar-refractivity contribution in [1.82, 2.24) is 5.01 Å². The van der Waals surface area contributed by atoms with Gasteiger partial charge in [0.25, 0.3) is 0 Å². The van der Waals surface area contributed by atoms with E-state index in [9.17, 15) is 4.91 Å². The van der Waals surface area contributed by atoms with Crippen molar-refractivity contribution >= 4 is 0 Å². The van der Waals surface area contributed by atoms with E-state index in [0.29, 0.717) is 0 Å². The van der Waals surface area contributed by atoms with Gasteiger partial charge in [-0.25, -0.2) is 0 Å². The molecule has 1 heterocycles. The predicted molar refractivity (Wildman–Crippen MR) is 42.8 cm³/mol. The van der Waals surface area contributed by atoms with Crippen LogP contribution in [-0.4, -0.2) is 18.1 Å². The van der Waals surface area contributed by atoms with E-state index in [1.54, 1.807) is 5.01 Å². The van der Waals surface area contributed by atoms with Crippen LogP contribution in [0, 0.1) is 27.6 Å². The highest BCUT2D eigenvalue weighted by molar-refractivity contribution is 5.13. The topological polar surface area (TPSA) is 56.5 Å². The van der Waals surface area contributed by atoms with Crippen molar-refractivity contribution in [3.63, 3.8) is 0 Å². The minimum Gasteiger partial charge on any atom is -0.261 e. The molecule has 1 atom stereocenters. The monoisotopic (exact) mass is 165 g/mol. The second-order valence-electron chi connectivity index (χ2n) is 3.78. The Morgan fingerprint density at radius 2 is 2.17 bits per heavy atom. The van der Waals surface area contributed by atoms with E-state index in [1.165, 1.54) is 0 Å². The van der Waals surface area contributed by atoms with E-state index >= 15 is 0 Å². The van der Waals surface area contributed by atoms with Crippen molar-refractivity contribution in [2.24, 2.45) is 16.6 Å². The summed E-state index contributed by atoms with van der Waals surface area (Å²) in [4.78, 5) is 10.2. The van der Waals surface area contributed by atoms with Gasteiger partial charge in [0.05, 0.1) is 17.3 Å². The van der Waals surface area contributed by atoms with Crippen LogP contribution in [0.2, 0.25) is 0 Å². The molecular formula is C8H11N3O. The SMILES string of the molecule is N#CC1CC12CCN(N=O)CC2. The highest BCUT2D eigenvalue weighted by Crippen LogP contribution is 2.58. The van der Waals surface area contributed by atoms with Crippen LogP contribution in [-0.2, 0) is 0 Å². The number of piperidine rings is 1. The standard InChI is InChI=1S/C8H11N3O/c9-6-7-5-8(7)1-3-11(10-12)4-2-8/h7H,1-5H2. The predicted octanol–water partition coefficient (Wildman–Crippen LogP) is 1.29. The zero-order valence-electron chi connectivity index (χ0n) is 6.86. The molecule has 1 unspecified atom stereocenters. The molecule has 4 heteroatoms. The van der Waals surface area contributed by atoms with E-state index in [-0.39, 0.29) is 11.3 Å². The highest BCUT2D eigenvalue weighted by atomic mass is 16.3. The smallest absolute Gasteiger partial charge is 0.0661 e. The molecule has 1 spiro atoms. The fourth-order valence-electron chi connectivity index (χ4n) is 2.10. The highest BCUT2D eigenvalue weighted by Gasteiger charge is 2.55. The molecule has 2 aliphatic rings. The van der Waals surface area contributed by atoms with Gasteiger partial charge in [-0.3, -0.25) is 5.01 Å². The van der Waals surface area contributed by atoms with Gasteiger partial charge in [0.15, 0.2) is 0 Å². The van der Waals surface area contributed by atoms with Gasteiger partial charge in [0.2, 0.25) is 0 Å². The number of nitroso groups, excluding NO2 is 1. The van der Waals surface area contributed by atoms with Crippen molar-refractivity contribution in [3.05, 3.63) is 4.91 Å². The zero-order valence-corrected chi connectivity index (χ0v) is 6.86. The van der Waals surface area contributed by atoms with E-state index in [1.807, 2.05) is 0 Å². The van der Waals surface area contributed by atoms with Gasteiger partial charge in [0.1, 0.15) is 0 Å². The van der Waals surface area contributed by atoms with Gasteiger partial charge in [-0.2, -0.15) is 5.26 Å². The molecule has 1 saturated carbocycles. The lowest BCUT2D eigenvalue weighted by atomic mass is 9.92. The second kappa shape index (κ2) is 2.44. The van der Waals surface area contributed by atoms with Crippen LogP contribution < -0.4 is 0 Å². The quantitative estimate of drug-likeness (QED) is 0.550. The Hall–Kier alpha value is -1.11. The number of nitriles is 1. The third-order valence-electron chi connectivity index (χ3n) is 3.20. The summed E-state index contributed by atoms with van der Waals surface area (Å²) in [5, 5.41) is 13.1. The van der Waals surface area contributed by atoms with Crippen LogP contribution in [0.3, 0.4) is 0 Å². The second-order valence-corrected chi connectivity index (χ2v) is 3.78. The summed E-state index contributed by atoms with van der Waals surface area (Å²) in [6.07, 6.45) is 2.98. The van der Waals surface area contributed by atoms with Crippen LogP contribution in [0.25, 0.3) is 0 Å². The minimum atomic E-state index is 0.256. The Kier molecular flexibility index (Phi) is 1.53. The lowest BCUT2D eigenvalue weighted by Crippen LogP contribution is -2.30. The molecule has 1 aliphatic carbocycles. The van der Waals surface area contributed by atoms with Crippen LogP contribution in [0.1, 0.15) is 19.3 Å². The molecule has 1 saturated heterocycles. The number of hydrogen-bond acceptors (Lipinski definition) is 3. The third-order valence-corrected chi connectivity index (χ3v) is 3.20. The molecule has 64 valence electrons. The summed E-state index contributed by atoms with van der Waals surface area (Å²) < 4.78 is 0. The van der Waals surface area contributed by atoms with Crippen LogP contribution in [0.4, 0.5) is 0 Å². The molecule has 2 fully saturated rings. The Labute approximate surface area is 71.1 Å². The lowest BCUT2D eigenvalue weighted by Gasteiger charge is -2.27. The van der Waals surface area contributed by atoms with Crippen molar-refractivity contribution in [2.45, 2.75) is 19.3 Å². The first kappa shape index (κ1) is 7.53. The Balaban J connectivity index is 1.93. The average Bonchev–Trinajstić information content (AvgIpc) is 2.81. The van der Waals surface area contributed by atoms with E-state index in [0.717, 1.165) is 32.4 Å². The first-order valence-corrected chi connectivity index (χ1v) is 4.28. The average molecular weight is 165 g/mol. The van der Waals surface area contributed by atoms with Crippen molar-refractivity contribution in [1.29, 1.82) is 5.26 Å². The van der Waals surface area contributed by atoms with E-state index in [2.05, 4.69) is 11.4 Å². The Morgan fingerprint density at radius 1 is 1.50 bits per heavy atom. The molecule has 4 nitrogen and oxygen atoms in total. The summed E-state index contributed by atoms with van der Waals surface area (Å²) in [6.45, 7) is 1.48. The molecule has 0 aromatic heterocycles. The molecule has 0 amide bonds. The Morgan fingerprint density at radius 3 is 2.58 bits per heavy atom. The normalized spacial score (nSPS) is 31.2. The summed E-state index contributed by atoms with van der Waals surface area (Å²) in [5.74, 6) is 0.256. The van der Waals surface area contributed by atoms with Crippen molar-refractivity contribution in [2.75, 3.05) is 13.1 Å². The van der Waals surface area contributed by atoms with E-state index in [4.69, 9.17) is 5.26 Å². The lowest BCUT2D eigenvalue weighted by molar-refractivity contribution is 0.171. The Bertz CT molecular complexity index is 237. The molecule has 1 aliphatic heterocycles. The van der Waals surface area contributed by atoms with Gasteiger partial charge in [-0.05, 0) is 24.7 Å². The fraction of sp³-hybridized carbons (Fsp3) is 0.875. The number of nitrogens with zero attached hydrogens (tertiary/aromatic N) is 3. The minimum absolute atomic E-state index is 0.256. The maximum absolute atomic E-state index is 10.2. The van der Waals surface area contributed by atoms with E-state index < -0.39 is 0 Å². The van der Waals surface area contributed by atoms with Crippen molar-refractivity contribution in [3.8, 4) is 6.07 Å². The van der Waals surface area contributed by atoms with Gasteiger partial charge >= 0.3 is 0 Å². The summed E-state index contributed by atoms with van der Waals surface area (Å²) in [5.41, 5.74) is 0.274. The zero-order chi connectivity index (χ0) is 8.60. The molecule has 0 N–H and O–H groups in total. The van der Waals surface area contributed by atoms with Gasteiger partial charge in [0, 0.05) is 13.1 Å². The molecule has 0 radical (unpaired) electrons. The van der Waals surface area contributed by atoms with Gasteiger partial charge in [-0.1, -0.05) is 0 Å². The van der Waals surface area contributed by atoms with Crippen molar-refractivity contribution < 1.29 is 0 Å². The maximum Gasteiger partial charge on any atom is 0.0661 e. The van der Waals surface area contributed by atoms with Crippen LogP contribution in [0.5, 0.6) is 0 Å². The third kappa shape index (κ3) is 0.970. The first-order valence-electron chi connectivity index (χ1n) is 4.28. The first-order chi connectivity index (χ1) is 5.80. The van der Waals surface area contributed by atoms with Gasteiger partial charge in [-0.15, -0.1) is 4.91 Å². The molecular weight excluding hydrogens is 154 g/mol. The summed E-state index contributed by atoms with van der Waals surface area (Å²) in [7, 11) is 0. The molecule has 0 aromatic rings. The number of hydrogen-bond donors (Lipinski definition) is 0. The summed E-state index contributed by atoms with van der Waals surface area (Å²) >= 11 is 0.